The summed E-state index contributed by atoms with van der Waals surface area (Å²) in [6.07, 6.45) is 1.60. The monoisotopic (exact) mass is 348 g/mol. The Morgan fingerprint density at radius 3 is 2.52 bits per heavy atom. The molecule has 1 aromatic rings. The van der Waals surface area contributed by atoms with E-state index in [0.717, 1.165) is 25.3 Å². The highest BCUT2D eigenvalue weighted by molar-refractivity contribution is 5.77. The second-order valence-electron chi connectivity index (χ2n) is 7.16. The van der Waals surface area contributed by atoms with Crippen molar-refractivity contribution in [3.05, 3.63) is 30.1 Å². The number of pyridine rings is 1. The van der Waals surface area contributed by atoms with Gasteiger partial charge in [0.25, 0.3) is 0 Å². The van der Waals surface area contributed by atoms with Crippen LogP contribution in [0.25, 0.3) is 0 Å². The highest BCUT2D eigenvalue weighted by Gasteiger charge is 2.21. The van der Waals surface area contributed by atoms with Crippen LogP contribution in [-0.4, -0.2) is 65.1 Å². The van der Waals surface area contributed by atoms with Crippen LogP contribution in [0.3, 0.4) is 0 Å². The average molecular weight is 348 g/mol. The van der Waals surface area contributed by atoms with Crippen LogP contribution in [0.15, 0.2) is 24.4 Å². The van der Waals surface area contributed by atoms with E-state index in [4.69, 9.17) is 4.74 Å². The molecule has 1 aliphatic rings. The molecule has 25 heavy (non-hydrogen) atoms. The molecule has 1 aliphatic heterocycles. The molecular weight excluding hydrogens is 320 g/mol. The summed E-state index contributed by atoms with van der Waals surface area (Å²) in [4.78, 5) is 32.3. The van der Waals surface area contributed by atoms with Crippen molar-refractivity contribution in [3.8, 4) is 0 Å². The third kappa shape index (κ3) is 7.09. The van der Waals surface area contributed by atoms with Crippen molar-refractivity contribution in [1.82, 2.24) is 20.1 Å². The SMILES string of the molecule is CC(C)(C)OC(=O)NCCC(=O)N1CCN(Cc2ccccn2)CC1. The average Bonchev–Trinajstić information content (AvgIpc) is 2.54. The van der Waals surface area contributed by atoms with Crippen LogP contribution in [0, 0.1) is 0 Å². The van der Waals surface area contributed by atoms with Gasteiger partial charge in [-0.2, -0.15) is 0 Å². The van der Waals surface area contributed by atoms with E-state index < -0.39 is 11.7 Å². The topological polar surface area (TPSA) is 74.8 Å². The molecule has 1 fully saturated rings. The number of nitrogens with zero attached hydrogens (tertiary/aromatic N) is 3. The van der Waals surface area contributed by atoms with Gasteiger partial charge in [-0.3, -0.25) is 14.7 Å². The fourth-order valence-electron chi connectivity index (χ4n) is 2.62. The van der Waals surface area contributed by atoms with Crippen LogP contribution < -0.4 is 5.32 Å². The molecule has 1 aromatic heterocycles. The normalized spacial score (nSPS) is 15.7. The molecule has 138 valence electrons. The summed E-state index contributed by atoms with van der Waals surface area (Å²) >= 11 is 0. The smallest absolute Gasteiger partial charge is 0.407 e. The first-order chi connectivity index (χ1) is 11.8. The van der Waals surface area contributed by atoms with E-state index in [2.05, 4.69) is 15.2 Å². The summed E-state index contributed by atoms with van der Waals surface area (Å²) in [7, 11) is 0. The van der Waals surface area contributed by atoms with Crippen molar-refractivity contribution in [3.63, 3.8) is 0 Å². The summed E-state index contributed by atoms with van der Waals surface area (Å²) in [6, 6.07) is 5.91. The molecule has 0 unspecified atom stereocenters. The lowest BCUT2D eigenvalue weighted by molar-refractivity contribution is -0.132. The number of hydrogen-bond acceptors (Lipinski definition) is 5. The largest absolute Gasteiger partial charge is 0.444 e. The van der Waals surface area contributed by atoms with Gasteiger partial charge in [-0.25, -0.2) is 4.79 Å². The van der Waals surface area contributed by atoms with Gasteiger partial charge in [0.2, 0.25) is 5.91 Å². The third-order valence-corrected chi connectivity index (χ3v) is 3.84. The van der Waals surface area contributed by atoms with E-state index >= 15 is 0 Å². The zero-order valence-corrected chi connectivity index (χ0v) is 15.3. The molecule has 0 bridgehead atoms. The standard InChI is InChI=1S/C18H28N4O3/c1-18(2,3)25-17(24)20-9-7-16(23)22-12-10-21(11-13-22)14-15-6-4-5-8-19-15/h4-6,8H,7,9-14H2,1-3H3,(H,20,24). The fourth-order valence-corrected chi connectivity index (χ4v) is 2.62. The van der Waals surface area contributed by atoms with Gasteiger partial charge >= 0.3 is 6.09 Å². The predicted octanol–water partition coefficient (Wildman–Crippen LogP) is 1.64. The lowest BCUT2D eigenvalue weighted by Gasteiger charge is -2.34. The van der Waals surface area contributed by atoms with Crippen LogP contribution in [0.4, 0.5) is 4.79 Å². The van der Waals surface area contributed by atoms with Crippen molar-refractivity contribution in [1.29, 1.82) is 0 Å². The highest BCUT2D eigenvalue weighted by Crippen LogP contribution is 2.08. The molecule has 0 radical (unpaired) electrons. The zero-order chi connectivity index (χ0) is 18.3. The Bertz CT molecular complexity index is 563. The molecule has 0 spiro atoms. The number of aromatic nitrogens is 1. The first-order valence-corrected chi connectivity index (χ1v) is 8.70. The maximum absolute atomic E-state index is 12.2. The number of amides is 2. The van der Waals surface area contributed by atoms with Crippen LogP contribution in [0.2, 0.25) is 0 Å². The summed E-state index contributed by atoms with van der Waals surface area (Å²) in [5.41, 5.74) is 0.515. The second-order valence-corrected chi connectivity index (χ2v) is 7.16. The minimum absolute atomic E-state index is 0.0635. The summed E-state index contributed by atoms with van der Waals surface area (Å²) in [5, 5.41) is 2.62. The van der Waals surface area contributed by atoms with Crippen molar-refractivity contribution in [2.45, 2.75) is 39.3 Å². The van der Waals surface area contributed by atoms with E-state index in [1.165, 1.54) is 0 Å². The van der Waals surface area contributed by atoms with Gasteiger partial charge in [0.1, 0.15) is 5.60 Å². The number of rotatable bonds is 5. The highest BCUT2D eigenvalue weighted by atomic mass is 16.6. The quantitative estimate of drug-likeness (QED) is 0.876. The number of alkyl carbamates (subject to hydrolysis) is 1. The first kappa shape index (κ1) is 19.2. The zero-order valence-electron chi connectivity index (χ0n) is 15.3. The van der Waals surface area contributed by atoms with Gasteiger partial charge in [0.15, 0.2) is 0 Å². The Morgan fingerprint density at radius 1 is 1.20 bits per heavy atom. The number of ether oxygens (including phenoxy) is 1. The van der Waals surface area contributed by atoms with Gasteiger partial charge in [0.05, 0.1) is 5.69 Å². The Balaban J connectivity index is 1.65. The number of carbonyl (C=O) groups excluding carboxylic acids is 2. The maximum atomic E-state index is 12.2. The van der Waals surface area contributed by atoms with E-state index in [1.807, 2.05) is 43.9 Å². The molecule has 7 heteroatoms. The van der Waals surface area contributed by atoms with Crippen molar-refractivity contribution in [2.75, 3.05) is 32.7 Å². The number of piperazine rings is 1. The summed E-state index contributed by atoms with van der Waals surface area (Å²) < 4.78 is 5.15. The van der Waals surface area contributed by atoms with E-state index in [9.17, 15) is 9.59 Å². The minimum Gasteiger partial charge on any atom is -0.444 e. The lowest BCUT2D eigenvalue weighted by Crippen LogP contribution is -2.48. The van der Waals surface area contributed by atoms with Gasteiger partial charge in [-0.05, 0) is 32.9 Å². The molecule has 0 aromatic carbocycles. The maximum Gasteiger partial charge on any atom is 0.407 e. The molecule has 0 atom stereocenters. The summed E-state index contributed by atoms with van der Waals surface area (Å²) in [6.45, 7) is 9.61. The molecule has 7 nitrogen and oxygen atoms in total. The molecule has 0 aliphatic carbocycles. The van der Waals surface area contributed by atoms with Crippen molar-refractivity contribution in [2.24, 2.45) is 0 Å². The van der Waals surface area contributed by atoms with Crippen LogP contribution in [0.1, 0.15) is 32.9 Å². The fraction of sp³-hybridized carbons (Fsp3) is 0.611. The van der Waals surface area contributed by atoms with Crippen molar-refractivity contribution < 1.29 is 14.3 Å². The predicted molar refractivity (Wildman–Crippen MR) is 94.9 cm³/mol. The van der Waals surface area contributed by atoms with Crippen LogP contribution >= 0.6 is 0 Å². The lowest BCUT2D eigenvalue weighted by atomic mass is 10.2. The molecule has 2 rings (SSSR count). The third-order valence-electron chi connectivity index (χ3n) is 3.84. The number of nitrogens with one attached hydrogen (secondary N) is 1. The Hall–Kier alpha value is -2.15. The van der Waals surface area contributed by atoms with Gasteiger partial charge in [0, 0.05) is 51.9 Å². The first-order valence-electron chi connectivity index (χ1n) is 8.70. The van der Waals surface area contributed by atoms with E-state index in [0.29, 0.717) is 26.1 Å². The molecule has 2 heterocycles. The Labute approximate surface area is 149 Å². The van der Waals surface area contributed by atoms with E-state index in [1.54, 1.807) is 6.20 Å². The number of carbonyl (C=O) groups is 2. The molecule has 0 saturated carbocycles. The van der Waals surface area contributed by atoms with Crippen molar-refractivity contribution >= 4 is 12.0 Å². The van der Waals surface area contributed by atoms with Gasteiger partial charge < -0.3 is 15.0 Å². The summed E-state index contributed by atoms with van der Waals surface area (Å²) in [5.74, 6) is 0.0635. The van der Waals surface area contributed by atoms with Crippen LogP contribution in [0.5, 0.6) is 0 Å². The van der Waals surface area contributed by atoms with Gasteiger partial charge in [-0.1, -0.05) is 6.07 Å². The van der Waals surface area contributed by atoms with Gasteiger partial charge in [-0.15, -0.1) is 0 Å². The number of hydrogen-bond donors (Lipinski definition) is 1. The minimum atomic E-state index is -0.530. The Kier molecular flexibility index (Phi) is 6.75. The molecule has 2 amide bonds. The Morgan fingerprint density at radius 2 is 1.92 bits per heavy atom. The van der Waals surface area contributed by atoms with E-state index in [-0.39, 0.29) is 5.91 Å². The molecular formula is C18H28N4O3. The molecule has 1 N–H and O–H groups in total. The van der Waals surface area contributed by atoms with Crippen LogP contribution in [-0.2, 0) is 16.1 Å². The molecule has 1 saturated heterocycles. The second kappa shape index (κ2) is 8.80.